The number of piperazine rings is 1. The van der Waals surface area contributed by atoms with E-state index in [-0.39, 0.29) is 35.1 Å². The highest BCUT2D eigenvalue weighted by Gasteiger charge is 2.28. The van der Waals surface area contributed by atoms with Crippen LogP contribution in [-0.4, -0.2) is 59.9 Å². The molecule has 34 heavy (non-hydrogen) atoms. The number of nitrogens with one attached hydrogen (secondary N) is 1. The predicted octanol–water partition coefficient (Wildman–Crippen LogP) is 2.87. The molecule has 2 aromatic rings. The van der Waals surface area contributed by atoms with Crippen LogP contribution in [0.15, 0.2) is 42.5 Å². The lowest BCUT2D eigenvalue weighted by atomic mass is 9.91. The predicted molar refractivity (Wildman–Crippen MR) is 130 cm³/mol. The number of aryl methyl sites for hydroxylation is 1. The van der Waals surface area contributed by atoms with Gasteiger partial charge in [0.2, 0.25) is 0 Å². The van der Waals surface area contributed by atoms with Crippen LogP contribution in [0.1, 0.15) is 52.0 Å². The number of hydrogen-bond acceptors (Lipinski definition) is 6. The van der Waals surface area contributed by atoms with Gasteiger partial charge in [0.15, 0.2) is 0 Å². The molecule has 180 valence electrons. The lowest BCUT2D eigenvalue weighted by Gasteiger charge is -2.36. The van der Waals surface area contributed by atoms with E-state index in [1.807, 2.05) is 30.0 Å². The van der Waals surface area contributed by atoms with E-state index in [2.05, 4.69) is 5.32 Å². The molecule has 9 heteroatoms. The fourth-order valence-corrected chi connectivity index (χ4v) is 4.72. The monoisotopic (exact) mass is 465 g/mol. The van der Waals surface area contributed by atoms with E-state index in [1.165, 1.54) is 6.07 Å². The Hall–Kier alpha value is -3.46. The molecule has 1 saturated carbocycles. The van der Waals surface area contributed by atoms with E-state index < -0.39 is 4.92 Å². The molecule has 1 aliphatic carbocycles. The molecule has 1 aliphatic heterocycles. The molecule has 4 rings (SSSR count). The second kappa shape index (κ2) is 10.2. The van der Waals surface area contributed by atoms with Crippen molar-refractivity contribution in [1.29, 1.82) is 0 Å². The highest BCUT2D eigenvalue weighted by molar-refractivity contribution is 5.96. The third kappa shape index (κ3) is 5.36. The second-order valence-electron chi connectivity index (χ2n) is 9.19. The topological polar surface area (TPSA) is 122 Å². The van der Waals surface area contributed by atoms with E-state index in [0.717, 1.165) is 31.2 Å². The van der Waals surface area contributed by atoms with Crippen molar-refractivity contribution in [2.24, 2.45) is 5.73 Å². The maximum atomic E-state index is 12.8. The standard InChI is InChI=1S/C25H31N5O4/c1-17-3-2-4-19(15-17)25(32)29-13-11-28(12-14-29)22-10-5-18(16-23(22)30(33)34)24(31)27-21-8-6-20(26)7-9-21/h2-5,10,15-16,20-21H,6-9,11-14,26H2,1H3,(H,27,31). The van der Waals surface area contributed by atoms with E-state index >= 15 is 0 Å². The van der Waals surface area contributed by atoms with Crippen LogP contribution in [0.2, 0.25) is 0 Å². The average Bonchev–Trinajstić information content (AvgIpc) is 2.84. The number of nitrogens with zero attached hydrogens (tertiary/aromatic N) is 3. The number of rotatable bonds is 5. The van der Waals surface area contributed by atoms with Crippen molar-refractivity contribution in [3.63, 3.8) is 0 Å². The van der Waals surface area contributed by atoms with Gasteiger partial charge in [-0.1, -0.05) is 17.7 Å². The molecule has 2 aromatic carbocycles. The Morgan fingerprint density at radius 2 is 1.71 bits per heavy atom. The minimum atomic E-state index is -0.448. The first-order valence-corrected chi connectivity index (χ1v) is 11.8. The summed E-state index contributed by atoms with van der Waals surface area (Å²) in [5, 5.41) is 14.8. The Labute approximate surface area is 199 Å². The fraction of sp³-hybridized carbons (Fsp3) is 0.440. The van der Waals surface area contributed by atoms with E-state index in [0.29, 0.717) is 37.4 Å². The Bertz CT molecular complexity index is 1070. The quantitative estimate of drug-likeness (QED) is 0.517. The number of benzene rings is 2. The normalized spacial score (nSPS) is 20.6. The number of hydrogen-bond donors (Lipinski definition) is 2. The van der Waals surface area contributed by atoms with Gasteiger partial charge in [-0.15, -0.1) is 0 Å². The first-order chi connectivity index (χ1) is 16.3. The number of nitro benzene ring substituents is 1. The number of carbonyl (C=O) groups is 2. The summed E-state index contributed by atoms with van der Waals surface area (Å²) in [5.41, 5.74) is 8.24. The van der Waals surface area contributed by atoms with Crippen LogP contribution >= 0.6 is 0 Å². The van der Waals surface area contributed by atoms with Crippen molar-refractivity contribution in [3.05, 3.63) is 69.3 Å². The number of amides is 2. The second-order valence-corrected chi connectivity index (χ2v) is 9.19. The summed E-state index contributed by atoms with van der Waals surface area (Å²) < 4.78 is 0. The lowest BCUT2D eigenvalue weighted by molar-refractivity contribution is -0.384. The SMILES string of the molecule is Cc1cccc(C(=O)N2CCN(c3ccc(C(=O)NC4CCC(N)CC4)cc3[N+](=O)[O-])CC2)c1. The zero-order valence-corrected chi connectivity index (χ0v) is 19.4. The van der Waals surface area contributed by atoms with E-state index in [1.54, 1.807) is 23.1 Å². The average molecular weight is 466 g/mol. The van der Waals surface area contributed by atoms with Gasteiger partial charge in [-0.3, -0.25) is 19.7 Å². The number of nitrogens with two attached hydrogens (primary N) is 1. The van der Waals surface area contributed by atoms with E-state index in [4.69, 9.17) is 5.73 Å². The zero-order chi connectivity index (χ0) is 24.2. The molecule has 2 aliphatic rings. The van der Waals surface area contributed by atoms with Crippen LogP contribution in [0.4, 0.5) is 11.4 Å². The highest BCUT2D eigenvalue weighted by Crippen LogP contribution is 2.30. The van der Waals surface area contributed by atoms with Gasteiger partial charge in [0.1, 0.15) is 5.69 Å². The fourth-order valence-electron chi connectivity index (χ4n) is 4.72. The van der Waals surface area contributed by atoms with Crippen molar-refractivity contribution < 1.29 is 14.5 Å². The Morgan fingerprint density at radius 3 is 2.35 bits per heavy atom. The van der Waals surface area contributed by atoms with Crippen molar-refractivity contribution in [3.8, 4) is 0 Å². The van der Waals surface area contributed by atoms with Crippen molar-refractivity contribution in [1.82, 2.24) is 10.2 Å². The minimum Gasteiger partial charge on any atom is -0.362 e. The third-order valence-electron chi connectivity index (χ3n) is 6.71. The van der Waals surface area contributed by atoms with Crippen LogP contribution in [-0.2, 0) is 0 Å². The minimum absolute atomic E-state index is 0.0338. The lowest BCUT2D eigenvalue weighted by Crippen LogP contribution is -2.49. The number of carbonyl (C=O) groups excluding carboxylic acids is 2. The number of anilines is 1. The summed E-state index contributed by atoms with van der Waals surface area (Å²) in [6, 6.07) is 12.3. The van der Waals surface area contributed by atoms with Crippen molar-refractivity contribution in [2.45, 2.75) is 44.7 Å². The number of nitro groups is 1. The Morgan fingerprint density at radius 1 is 1.00 bits per heavy atom. The largest absolute Gasteiger partial charge is 0.362 e. The van der Waals surface area contributed by atoms with Crippen molar-refractivity contribution in [2.75, 3.05) is 31.1 Å². The van der Waals surface area contributed by atoms with Gasteiger partial charge < -0.3 is 20.9 Å². The maximum Gasteiger partial charge on any atom is 0.293 e. The summed E-state index contributed by atoms with van der Waals surface area (Å²) in [7, 11) is 0. The molecular weight excluding hydrogens is 434 g/mol. The summed E-state index contributed by atoms with van der Waals surface area (Å²) in [6.07, 6.45) is 3.36. The molecule has 3 N–H and O–H groups in total. The van der Waals surface area contributed by atoms with Gasteiger partial charge in [-0.2, -0.15) is 0 Å². The summed E-state index contributed by atoms with van der Waals surface area (Å²) >= 11 is 0. The molecular formula is C25H31N5O4. The van der Waals surface area contributed by atoms with Crippen LogP contribution < -0.4 is 16.0 Å². The highest BCUT2D eigenvalue weighted by atomic mass is 16.6. The smallest absolute Gasteiger partial charge is 0.293 e. The van der Waals surface area contributed by atoms with Gasteiger partial charge >= 0.3 is 0 Å². The first kappa shape index (κ1) is 23.7. The van der Waals surface area contributed by atoms with Crippen LogP contribution in [0.5, 0.6) is 0 Å². The molecule has 0 atom stereocenters. The molecule has 2 fully saturated rings. The molecule has 2 amide bonds. The summed E-state index contributed by atoms with van der Waals surface area (Å²) in [4.78, 5) is 40.6. The van der Waals surface area contributed by atoms with E-state index in [9.17, 15) is 19.7 Å². The Kier molecular flexibility index (Phi) is 7.12. The molecule has 1 saturated heterocycles. The third-order valence-corrected chi connectivity index (χ3v) is 6.71. The molecule has 0 spiro atoms. The maximum absolute atomic E-state index is 12.8. The van der Waals surface area contributed by atoms with Gasteiger partial charge in [-0.05, 0) is 56.9 Å². The summed E-state index contributed by atoms with van der Waals surface area (Å²) in [6.45, 7) is 3.84. The molecule has 0 unspecified atom stereocenters. The molecule has 0 bridgehead atoms. The molecule has 0 aromatic heterocycles. The van der Waals surface area contributed by atoms with Crippen molar-refractivity contribution >= 4 is 23.2 Å². The zero-order valence-electron chi connectivity index (χ0n) is 19.4. The van der Waals surface area contributed by atoms with Gasteiger partial charge in [0, 0.05) is 55.5 Å². The molecule has 0 radical (unpaired) electrons. The Balaban J connectivity index is 1.42. The summed E-state index contributed by atoms with van der Waals surface area (Å²) in [5.74, 6) is -0.336. The van der Waals surface area contributed by atoms with Crippen LogP contribution in [0.3, 0.4) is 0 Å². The van der Waals surface area contributed by atoms with Crippen LogP contribution in [0.25, 0.3) is 0 Å². The van der Waals surface area contributed by atoms with Gasteiger partial charge in [0.05, 0.1) is 4.92 Å². The molecule has 9 nitrogen and oxygen atoms in total. The molecule has 1 heterocycles. The van der Waals surface area contributed by atoms with Gasteiger partial charge in [-0.25, -0.2) is 0 Å². The van der Waals surface area contributed by atoms with Gasteiger partial charge in [0.25, 0.3) is 17.5 Å². The first-order valence-electron chi connectivity index (χ1n) is 11.8. The van der Waals surface area contributed by atoms with Crippen LogP contribution in [0, 0.1) is 17.0 Å².